The predicted molar refractivity (Wildman–Crippen MR) is 180 cm³/mol. The van der Waals surface area contributed by atoms with Crippen molar-refractivity contribution in [3.05, 3.63) is 80.9 Å². The zero-order valence-electron chi connectivity index (χ0n) is 29.2. The molecule has 52 heavy (non-hydrogen) atoms. The average molecular weight is 722 g/mol. The molecule has 0 amide bonds. The van der Waals surface area contributed by atoms with Crippen molar-refractivity contribution in [2.45, 2.75) is 63.1 Å². The maximum atomic E-state index is 13.3. The molecular weight excluding hydrogens is 683 g/mol. The van der Waals surface area contributed by atoms with Crippen LogP contribution in [0.5, 0.6) is 28.7 Å². The molecule has 4 aliphatic rings. The molecule has 2 bridgehead atoms. The van der Waals surface area contributed by atoms with Crippen molar-refractivity contribution in [3.8, 4) is 34.8 Å². The summed E-state index contributed by atoms with van der Waals surface area (Å²) in [5.41, 5.74) is 3.74. The Bertz CT molecular complexity index is 1990. The van der Waals surface area contributed by atoms with Gasteiger partial charge in [0.25, 0.3) is 0 Å². The molecule has 1 N–H and O–H groups in total. The van der Waals surface area contributed by atoms with Gasteiger partial charge in [0.2, 0.25) is 6.79 Å². The number of benzene rings is 3. The number of likely N-dealkylation sites (N-methyl/N-ethyl adjacent to an activating group) is 1. The van der Waals surface area contributed by atoms with Crippen LogP contribution in [0.15, 0.2) is 36.4 Å². The van der Waals surface area contributed by atoms with E-state index >= 15 is 0 Å². The molecule has 4 aliphatic heterocycles. The molecule has 0 radical (unpaired) electrons. The van der Waals surface area contributed by atoms with Crippen LogP contribution in [0.3, 0.4) is 0 Å². The Kier molecular flexibility index (Phi) is 9.23. The SMILES string of the molecule is COCOc1c(OC)c(C)cc2c1[C@H]1C3Cc4c(O)c(C)c5c(c4[C@H](COC(=O)C=Cc4cccc(C(F)(F)F)c4)N3[C@@H](C#N)[C@H](C2)N1C)OCO5. The predicted octanol–water partition coefficient (Wildman–Crippen LogP) is 5.78. The molecule has 0 aromatic heterocycles. The molecule has 3 aromatic carbocycles. The molecular formula is C38H38F3N3O8. The van der Waals surface area contributed by atoms with Gasteiger partial charge in [-0.25, -0.2) is 4.79 Å². The number of hydrogen-bond donors (Lipinski definition) is 1. The third-order valence-corrected chi connectivity index (χ3v) is 10.6. The van der Waals surface area contributed by atoms with Crippen molar-refractivity contribution >= 4 is 12.0 Å². The fourth-order valence-electron chi connectivity index (χ4n) is 8.43. The number of alkyl halides is 3. The first-order valence-corrected chi connectivity index (χ1v) is 16.8. The Balaban J connectivity index is 1.32. The lowest BCUT2D eigenvalue weighted by Gasteiger charge is -2.59. The Morgan fingerprint density at radius 3 is 2.58 bits per heavy atom. The highest BCUT2D eigenvalue weighted by atomic mass is 19.4. The minimum Gasteiger partial charge on any atom is -0.507 e. The van der Waals surface area contributed by atoms with E-state index in [0.29, 0.717) is 52.5 Å². The maximum absolute atomic E-state index is 13.3. The molecule has 3 aromatic rings. The summed E-state index contributed by atoms with van der Waals surface area (Å²) < 4.78 is 74.8. The van der Waals surface area contributed by atoms with Gasteiger partial charge in [0.15, 0.2) is 29.8 Å². The van der Waals surface area contributed by atoms with Crippen LogP contribution in [0.25, 0.3) is 6.08 Å². The smallest absolute Gasteiger partial charge is 0.416 e. The molecule has 1 unspecified atom stereocenters. The number of nitriles is 1. The van der Waals surface area contributed by atoms with E-state index in [0.717, 1.165) is 34.9 Å². The summed E-state index contributed by atoms with van der Waals surface area (Å²) in [7, 11) is 5.08. The monoisotopic (exact) mass is 721 g/mol. The molecule has 7 rings (SSSR count). The van der Waals surface area contributed by atoms with Crippen LogP contribution in [-0.4, -0.2) is 80.5 Å². The van der Waals surface area contributed by atoms with E-state index in [2.05, 4.69) is 17.0 Å². The average Bonchev–Trinajstić information content (AvgIpc) is 3.61. The second-order valence-corrected chi connectivity index (χ2v) is 13.4. The molecule has 0 saturated carbocycles. The summed E-state index contributed by atoms with van der Waals surface area (Å²) >= 11 is 0. The number of nitrogens with zero attached hydrogens (tertiary/aromatic N) is 3. The first kappa shape index (κ1) is 35.4. The van der Waals surface area contributed by atoms with Crippen molar-refractivity contribution in [2.75, 3.05) is 41.5 Å². The van der Waals surface area contributed by atoms with E-state index in [-0.39, 0.29) is 43.6 Å². The number of esters is 1. The van der Waals surface area contributed by atoms with Crippen LogP contribution in [0, 0.1) is 25.2 Å². The first-order chi connectivity index (χ1) is 24.9. The van der Waals surface area contributed by atoms with E-state index in [9.17, 15) is 28.3 Å². The number of carbonyl (C=O) groups excluding carboxylic acids is 1. The topological polar surface area (TPSA) is 123 Å². The number of carbonyl (C=O) groups is 1. The number of phenols is 1. The summed E-state index contributed by atoms with van der Waals surface area (Å²) in [5.74, 6) is 1.10. The lowest BCUT2D eigenvalue weighted by molar-refractivity contribution is -0.143. The van der Waals surface area contributed by atoms with Gasteiger partial charge in [-0.15, -0.1) is 0 Å². The van der Waals surface area contributed by atoms with Gasteiger partial charge in [0, 0.05) is 47.5 Å². The van der Waals surface area contributed by atoms with Crippen molar-refractivity contribution < 1.29 is 51.5 Å². The lowest BCUT2D eigenvalue weighted by atomic mass is 9.71. The molecule has 1 saturated heterocycles. The number of piperazine rings is 1. The van der Waals surface area contributed by atoms with Crippen LogP contribution in [-0.2, 0) is 33.3 Å². The Morgan fingerprint density at radius 2 is 1.87 bits per heavy atom. The third kappa shape index (κ3) is 5.77. The number of methoxy groups -OCH3 is 2. The summed E-state index contributed by atoms with van der Waals surface area (Å²) in [6.07, 6.45) is -1.40. The van der Waals surface area contributed by atoms with Gasteiger partial charge < -0.3 is 33.5 Å². The normalized spacial score (nSPS) is 23.4. The van der Waals surface area contributed by atoms with Gasteiger partial charge in [-0.05, 0) is 68.6 Å². The zero-order chi connectivity index (χ0) is 37.1. The number of phenolic OH excluding ortho intramolecular Hbond substituents is 1. The number of ether oxygens (including phenoxy) is 6. The van der Waals surface area contributed by atoms with Gasteiger partial charge in [0.05, 0.1) is 30.8 Å². The van der Waals surface area contributed by atoms with Crippen molar-refractivity contribution in [1.82, 2.24) is 9.80 Å². The standard InChI is InChI=1S/C38H38F3N3O8/c1-19-11-22-13-25-27(15-42)44-26(32(43(25)3)30(22)36(34(19)48-5)50-17-47-4)14-24-31(37-35(51-18-52-37)20(2)33(24)46)28(44)16-49-29(45)10-9-21-7-6-8-23(12-21)38(39,40)41/h6-12,25-28,32,46H,13-14,16-18H2,1-5H3/t25-,26?,27-,28-,32+/m0/s1. The summed E-state index contributed by atoms with van der Waals surface area (Å²) in [6.45, 7) is 3.31. The van der Waals surface area contributed by atoms with Crippen molar-refractivity contribution in [2.24, 2.45) is 0 Å². The van der Waals surface area contributed by atoms with Gasteiger partial charge in [-0.1, -0.05) is 18.2 Å². The number of hydrogen-bond acceptors (Lipinski definition) is 11. The molecule has 274 valence electrons. The number of fused-ring (bicyclic) bond motifs is 9. The number of aryl methyl sites for hydroxylation is 1. The van der Waals surface area contributed by atoms with E-state index in [4.69, 9.17) is 28.4 Å². The Labute approximate surface area is 298 Å². The van der Waals surface area contributed by atoms with Gasteiger partial charge in [-0.2, -0.15) is 18.4 Å². The van der Waals surface area contributed by atoms with Crippen LogP contribution in [0.2, 0.25) is 0 Å². The van der Waals surface area contributed by atoms with E-state index in [1.54, 1.807) is 14.0 Å². The number of rotatable bonds is 8. The van der Waals surface area contributed by atoms with Gasteiger partial charge in [-0.3, -0.25) is 9.80 Å². The largest absolute Gasteiger partial charge is 0.507 e. The third-order valence-electron chi connectivity index (χ3n) is 10.6. The fourth-order valence-corrected chi connectivity index (χ4v) is 8.43. The fraction of sp³-hybridized carbons (Fsp3) is 0.421. The van der Waals surface area contributed by atoms with E-state index < -0.39 is 35.8 Å². The Hall–Kier alpha value is -4.97. The van der Waals surface area contributed by atoms with Crippen LogP contribution < -0.4 is 18.9 Å². The lowest BCUT2D eigenvalue weighted by Crippen LogP contribution is -2.68. The number of halogens is 3. The van der Waals surface area contributed by atoms with E-state index in [1.165, 1.54) is 25.3 Å². The summed E-state index contributed by atoms with van der Waals surface area (Å²) in [4.78, 5) is 17.4. The molecule has 0 spiro atoms. The minimum absolute atomic E-state index is 0.0197. The molecule has 1 fully saturated rings. The summed E-state index contributed by atoms with van der Waals surface area (Å²) in [5, 5.41) is 22.5. The highest BCUT2D eigenvalue weighted by Gasteiger charge is 2.57. The molecule has 11 nitrogen and oxygen atoms in total. The summed E-state index contributed by atoms with van der Waals surface area (Å²) in [6, 6.07) is 6.66. The quantitative estimate of drug-likeness (QED) is 0.173. The van der Waals surface area contributed by atoms with Crippen molar-refractivity contribution in [3.63, 3.8) is 0 Å². The Morgan fingerprint density at radius 1 is 1.10 bits per heavy atom. The highest BCUT2D eigenvalue weighted by molar-refractivity contribution is 5.87. The second-order valence-electron chi connectivity index (χ2n) is 13.4. The highest BCUT2D eigenvalue weighted by Crippen LogP contribution is 2.58. The first-order valence-electron chi connectivity index (χ1n) is 16.8. The van der Waals surface area contributed by atoms with Gasteiger partial charge in [0.1, 0.15) is 18.4 Å². The van der Waals surface area contributed by atoms with Gasteiger partial charge >= 0.3 is 12.1 Å². The second kappa shape index (κ2) is 13.5. The van der Waals surface area contributed by atoms with Crippen molar-refractivity contribution in [1.29, 1.82) is 5.26 Å². The van der Waals surface area contributed by atoms with E-state index in [1.807, 2.05) is 18.9 Å². The van der Waals surface area contributed by atoms with Crippen LogP contribution in [0.4, 0.5) is 13.2 Å². The zero-order valence-corrected chi connectivity index (χ0v) is 29.2. The number of aromatic hydroxyl groups is 1. The molecule has 4 heterocycles. The molecule has 14 heteroatoms. The molecule has 0 aliphatic carbocycles. The van der Waals surface area contributed by atoms with Crippen LogP contribution >= 0.6 is 0 Å². The maximum Gasteiger partial charge on any atom is 0.416 e. The molecule has 5 atom stereocenters. The van der Waals surface area contributed by atoms with Crippen LogP contribution in [0.1, 0.15) is 56.6 Å². The minimum atomic E-state index is -4.54.